The number of benzene rings is 13. The Kier molecular flexibility index (Phi) is 10.1. The van der Waals surface area contributed by atoms with E-state index in [1.807, 2.05) is 34.0 Å². The second-order valence-electron chi connectivity index (χ2n) is 23.1. The Morgan fingerprint density at radius 1 is 0.239 bits per heavy atom. The molecule has 8 heteroatoms. The van der Waals surface area contributed by atoms with Crippen LogP contribution in [-0.2, 0) is 0 Å². The van der Waals surface area contributed by atoms with E-state index >= 15 is 0 Å². The van der Waals surface area contributed by atoms with Crippen LogP contribution in [0.5, 0.6) is 0 Å². The summed E-state index contributed by atoms with van der Waals surface area (Å²) in [4.78, 5) is 11.3. The summed E-state index contributed by atoms with van der Waals surface area (Å²) >= 11 is 5.63. The first-order chi connectivity index (χ1) is 43.6. The molecule has 20 rings (SSSR count). The van der Waals surface area contributed by atoms with Crippen LogP contribution < -0.4 is 0 Å². The Bertz CT molecular complexity index is 6400. The van der Waals surface area contributed by atoms with Crippen LogP contribution in [0, 0.1) is 0 Å². The standard InChI is InChI=1S/C80H45N5S3/c1-7-28-67-53(22-1)59-35-38-62-56-25-4-10-31-70(56)86-77(62)74(59)83(67)50-19-13-16-46(42-50)47-34-41-66-65(45-47)73(48-17-14-20-51(43-48)84-68-29-8-2-23-54(68)60-36-39-63-57-26-5-11-32-71(57)87-78(63)75(60)84)82-80(81-66)49-18-15-21-52(44-49)85-69-30-9-3-24-55(69)61-37-40-64-58-27-6-12-33-72(58)88-79(64)76(61)85/h1-45H. The maximum atomic E-state index is 5.77. The van der Waals surface area contributed by atoms with Crippen LogP contribution in [0.1, 0.15) is 0 Å². The van der Waals surface area contributed by atoms with Crippen LogP contribution in [0.4, 0.5) is 0 Å². The van der Waals surface area contributed by atoms with Gasteiger partial charge in [-0.2, -0.15) is 0 Å². The van der Waals surface area contributed by atoms with Crippen LogP contribution in [-0.4, -0.2) is 23.7 Å². The minimum atomic E-state index is 0.667. The molecule has 0 amide bonds. The van der Waals surface area contributed by atoms with Gasteiger partial charge in [-0.1, -0.05) is 188 Å². The molecule has 0 unspecified atom stereocenters. The van der Waals surface area contributed by atoms with Crippen molar-refractivity contribution in [2.75, 3.05) is 0 Å². The highest BCUT2D eigenvalue weighted by Crippen LogP contribution is 2.48. The largest absolute Gasteiger partial charge is 0.308 e. The Hall–Kier alpha value is -10.7. The third-order valence-electron chi connectivity index (χ3n) is 18.4. The Morgan fingerprint density at radius 3 is 1.07 bits per heavy atom. The molecule has 0 aliphatic carbocycles. The highest BCUT2D eigenvalue weighted by molar-refractivity contribution is 7.27. The summed E-state index contributed by atoms with van der Waals surface area (Å²) < 4.78 is 15.2. The van der Waals surface area contributed by atoms with E-state index in [4.69, 9.17) is 9.97 Å². The summed E-state index contributed by atoms with van der Waals surface area (Å²) in [6.45, 7) is 0. The highest BCUT2D eigenvalue weighted by Gasteiger charge is 2.23. The summed E-state index contributed by atoms with van der Waals surface area (Å²) in [7, 11) is 0. The van der Waals surface area contributed by atoms with Crippen molar-refractivity contribution >= 4 is 171 Å². The zero-order valence-corrected chi connectivity index (χ0v) is 49.4. The molecule has 0 saturated heterocycles. The molecule has 0 spiro atoms. The molecule has 0 N–H and O–H groups in total. The first-order valence-corrected chi connectivity index (χ1v) is 32.2. The summed E-state index contributed by atoms with van der Waals surface area (Å²) in [6.07, 6.45) is 0. The second-order valence-corrected chi connectivity index (χ2v) is 26.3. The van der Waals surface area contributed by atoms with Gasteiger partial charge in [0, 0.05) is 112 Å². The molecule has 0 aliphatic rings. The van der Waals surface area contributed by atoms with Crippen LogP contribution in [0.3, 0.4) is 0 Å². The number of hydrogen-bond acceptors (Lipinski definition) is 5. The first kappa shape index (κ1) is 48.5. The van der Waals surface area contributed by atoms with E-state index < -0.39 is 0 Å². The molecule has 0 saturated carbocycles. The van der Waals surface area contributed by atoms with Crippen molar-refractivity contribution in [1.82, 2.24) is 23.7 Å². The normalized spacial score (nSPS) is 12.3. The van der Waals surface area contributed by atoms with Gasteiger partial charge in [0.1, 0.15) is 0 Å². The second kappa shape index (κ2) is 18.4. The van der Waals surface area contributed by atoms with Crippen LogP contribution in [0.25, 0.3) is 188 Å². The monoisotopic (exact) mass is 1170 g/mol. The van der Waals surface area contributed by atoms with Gasteiger partial charge in [0.2, 0.25) is 0 Å². The molecular formula is C80H45N5S3. The SMILES string of the molecule is c1cc(-c2ccc3nc(-c4cccc(-n5c6ccccc6c6ccc7c8ccccc8sc7c65)c4)nc(-c4cccc(-n5c6ccccc6c6ccc7c8ccccc8sc7c65)c4)c3c2)cc(-n2c3ccccc3c3ccc4c5ccccc5sc4c32)c1. The van der Waals surface area contributed by atoms with Gasteiger partial charge in [-0.15, -0.1) is 34.0 Å². The van der Waals surface area contributed by atoms with Crippen molar-refractivity contribution in [1.29, 1.82) is 0 Å². The number of rotatable bonds is 6. The quantitative estimate of drug-likeness (QED) is 0.166. The van der Waals surface area contributed by atoms with E-state index in [0.717, 1.165) is 61.4 Å². The average Bonchev–Trinajstić information content (AvgIpc) is 1.66. The Labute approximate surface area is 514 Å². The number of hydrogen-bond donors (Lipinski definition) is 0. The lowest BCUT2D eigenvalue weighted by molar-refractivity contribution is 1.17. The van der Waals surface area contributed by atoms with Gasteiger partial charge < -0.3 is 13.7 Å². The fourth-order valence-electron chi connectivity index (χ4n) is 14.6. The zero-order valence-electron chi connectivity index (χ0n) is 46.9. The molecular weight excluding hydrogens is 1130 g/mol. The Balaban J connectivity index is 0.803. The molecule has 88 heavy (non-hydrogen) atoms. The van der Waals surface area contributed by atoms with Gasteiger partial charge in [-0.3, -0.25) is 0 Å². The number of aromatic nitrogens is 5. The van der Waals surface area contributed by atoms with E-state index in [1.54, 1.807) is 0 Å². The van der Waals surface area contributed by atoms with E-state index in [9.17, 15) is 0 Å². The molecule has 0 bridgehead atoms. The van der Waals surface area contributed by atoms with Crippen molar-refractivity contribution in [3.05, 3.63) is 273 Å². The molecule has 0 atom stereocenters. The molecule has 20 aromatic rings. The first-order valence-electron chi connectivity index (χ1n) is 29.8. The van der Waals surface area contributed by atoms with Gasteiger partial charge in [-0.05, 0) is 96.1 Å². The number of fused-ring (bicyclic) bond motifs is 22. The van der Waals surface area contributed by atoms with Crippen molar-refractivity contribution in [2.45, 2.75) is 0 Å². The highest BCUT2D eigenvalue weighted by atomic mass is 32.1. The fraction of sp³-hybridized carbons (Fsp3) is 0. The Morgan fingerprint density at radius 2 is 0.602 bits per heavy atom. The lowest BCUT2D eigenvalue weighted by Crippen LogP contribution is -1.99. The summed E-state index contributed by atoms with van der Waals surface area (Å²) in [5.41, 5.74) is 16.3. The molecule has 0 fully saturated rings. The summed E-state index contributed by atoms with van der Waals surface area (Å²) in [6, 6.07) is 101. The summed E-state index contributed by atoms with van der Waals surface area (Å²) in [5, 5.41) is 16.1. The fourth-order valence-corrected chi connectivity index (χ4v) is 18.3. The maximum absolute atomic E-state index is 5.77. The van der Waals surface area contributed by atoms with Gasteiger partial charge in [-0.25, -0.2) is 9.97 Å². The topological polar surface area (TPSA) is 40.6 Å². The molecule has 13 aromatic carbocycles. The van der Waals surface area contributed by atoms with E-state index in [0.29, 0.717) is 5.82 Å². The minimum Gasteiger partial charge on any atom is -0.308 e. The van der Waals surface area contributed by atoms with Gasteiger partial charge in [0.05, 0.1) is 58.4 Å². The maximum Gasteiger partial charge on any atom is 0.160 e. The molecule has 7 aromatic heterocycles. The lowest BCUT2D eigenvalue weighted by Gasteiger charge is -2.15. The minimum absolute atomic E-state index is 0.667. The van der Waals surface area contributed by atoms with Crippen LogP contribution in [0.2, 0.25) is 0 Å². The summed E-state index contributed by atoms with van der Waals surface area (Å²) in [5.74, 6) is 0.667. The van der Waals surface area contributed by atoms with Crippen LogP contribution >= 0.6 is 34.0 Å². The smallest absolute Gasteiger partial charge is 0.160 e. The molecule has 0 radical (unpaired) electrons. The predicted molar refractivity (Wildman–Crippen MR) is 378 cm³/mol. The van der Waals surface area contributed by atoms with Crippen molar-refractivity contribution in [2.24, 2.45) is 0 Å². The third-order valence-corrected chi connectivity index (χ3v) is 22.0. The van der Waals surface area contributed by atoms with E-state index in [1.165, 1.54) is 120 Å². The van der Waals surface area contributed by atoms with Gasteiger partial charge in [0.25, 0.3) is 0 Å². The van der Waals surface area contributed by atoms with Gasteiger partial charge >= 0.3 is 0 Å². The van der Waals surface area contributed by atoms with Gasteiger partial charge in [0.15, 0.2) is 5.82 Å². The zero-order chi connectivity index (χ0) is 57.3. The molecule has 408 valence electrons. The number of para-hydroxylation sites is 3. The number of nitrogens with zero attached hydrogens (tertiary/aromatic N) is 5. The van der Waals surface area contributed by atoms with E-state index in [2.05, 4.69) is 287 Å². The van der Waals surface area contributed by atoms with Crippen molar-refractivity contribution in [3.8, 4) is 50.8 Å². The lowest BCUT2D eigenvalue weighted by atomic mass is 9.99. The number of thiophene rings is 3. The predicted octanol–water partition coefficient (Wildman–Crippen LogP) is 23.0. The van der Waals surface area contributed by atoms with Crippen LogP contribution in [0.15, 0.2) is 273 Å². The third kappa shape index (κ3) is 6.90. The van der Waals surface area contributed by atoms with Crippen molar-refractivity contribution < 1.29 is 0 Å². The average molecular weight is 1170 g/mol. The molecule has 0 aliphatic heterocycles. The van der Waals surface area contributed by atoms with E-state index in [-0.39, 0.29) is 0 Å². The van der Waals surface area contributed by atoms with Crippen molar-refractivity contribution in [3.63, 3.8) is 0 Å². The molecule has 5 nitrogen and oxygen atoms in total. The molecule has 7 heterocycles.